The van der Waals surface area contributed by atoms with E-state index in [1.54, 1.807) is 6.07 Å². The number of nitrogens with one attached hydrogen (secondary N) is 1. The van der Waals surface area contributed by atoms with Crippen LogP contribution in [0.4, 0.5) is 11.4 Å². The SMILES string of the molecule is CNC(C)Cc1noc(-c2ccc(N3CCC(C)CC3)c([N+](=O)[O-])c2)n1. The summed E-state index contributed by atoms with van der Waals surface area (Å²) in [6, 6.07) is 5.37. The van der Waals surface area contributed by atoms with E-state index in [1.165, 1.54) is 6.07 Å². The lowest BCUT2D eigenvalue weighted by Gasteiger charge is -2.31. The Hall–Kier alpha value is -2.48. The molecule has 1 aromatic heterocycles. The van der Waals surface area contributed by atoms with Gasteiger partial charge in [-0.15, -0.1) is 0 Å². The Bertz CT molecular complexity index is 768. The topological polar surface area (TPSA) is 97.3 Å². The lowest BCUT2D eigenvalue weighted by atomic mass is 9.98. The van der Waals surface area contributed by atoms with Crippen molar-refractivity contribution in [2.45, 2.75) is 39.2 Å². The van der Waals surface area contributed by atoms with Crippen LogP contribution < -0.4 is 10.2 Å². The molecule has 8 nitrogen and oxygen atoms in total. The van der Waals surface area contributed by atoms with Gasteiger partial charge in [0.2, 0.25) is 0 Å². The maximum atomic E-state index is 11.6. The van der Waals surface area contributed by atoms with E-state index >= 15 is 0 Å². The molecule has 2 aromatic rings. The normalized spacial score (nSPS) is 16.7. The van der Waals surface area contributed by atoms with Gasteiger partial charge < -0.3 is 14.7 Å². The molecule has 1 unspecified atom stereocenters. The van der Waals surface area contributed by atoms with Crippen molar-refractivity contribution >= 4 is 11.4 Å². The number of aromatic nitrogens is 2. The lowest BCUT2D eigenvalue weighted by molar-refractivity contribution is -0.384. The largest absolute Gasteiger partial charge is 0.366 e. The minimum absolute atomic E-state index is 0.0837. The van der Waals surface area contributed by atoms with Crippen LogP contribution in [0.3, 0.4) is 0 Å². The molecule has 8 heteroatoms. The van der Waals surface area contributed by atoms with Gasteiger partial charge in [0.05, 0.1) is 4.92 Å². The van der Waals surface area contributed by atoms with E-state index in [-0.39, 0.29) is 16.7 Å². The van der Waals surface area contributed by atoms with Gasteiger partial charge in [-0.3, -0.25) is 10.1 Å². The number of piperidine rings is 1. The van der Waals surface area contributed by atoms with Crippen molar-refractivity contribution in [2.24, 2.45) is 5.92 Å². The lowest BCUT2D eigenvalue weighted by Crippen LogP contribution is -2.33. The van der Waals surface area contributed by atoms with Gasteiger partial charge in [-0.25, -0.2) is 0 Å². The fraction of sp³-hybridized carbons (Fsp3) is 0.556. The molecular formula is C18H25N5O3. The third-order valence-electron chi connectivity index (χ3n) is 4.99. The van der Waals surface area contributed by atoms with Crippen molar-refractivity contribution in [3.05, 3.63) is 34.1 Å². The summed E-state index contributed by atoms with van der Waals surface area (Å²) in [7, 11) is 1.87. The molecule has 1 N–H and O–H groups in total. The average molecular weight is 359 g/mol. The number of anilines is 1. The van der Waals surface area contributed by atoms with Gasteiger partial charge in [-0.1, -0.05) is 12.1 Å². The van der Waals surface area contributed by atoms with Crippen LogP contribution in [0, 0.1) is 16.0 Å². The molecule has 0 spiro atoms. The second-order valence-electron chi connectivity index (χ2n) is 7.04. The molecule has 140 valence electrons. The van der Waals surface area contributed by atoms with E-state index in [9.17, 15) is 10.1 Å². The molecule has 1 aliphatic heterocycles. The molecule has 0 aliphatic carbocycles. The Labute approximate surface area is 152 Å². The molecule has 0 saturated carbocycles. The molecule has 1 saturated heterocycles. The summed E-state index contributed by atoms with van der Waals surface area (Å²) in [5.74, 6) is 1.56. The predicted octanol–water partition coefficient (Wildman–Crippen LogP) is 3.03. The fourth-order valence-corrected chi connectivity index (χ4v) is 3.15. The van der Waals surface area contributed by atoms with E-state index in [2.05, 4.69) is 27.3 Å². The number of nitrogens with zero attached hydrogens (tertiary/aromatic N) is 4. The summed E-state index contributed by atoms with van der Waals surface area (Å²) >= 11 is 0. The highest BCUT2D eigenvalue weighted by atomic mass is 16.6. The molecule has 1 aromatic carbocycles. The van der Waals surface area contributed by atoms with E-state index in [0.29, 0.717) is 35.3 Å². The highest BCUT2D eigenvalue weighted by Gasteiger charge is 2.25. The van der Waals surface area contributed by atoms with Crippen molar-refractivity contribution in [1.29, 1.82) is 0 Å². The molecular weight excluding hydrogens is 334 g/mol. The van der Waals surface area contributed by atoms with E-state index < -0.39 is 0 Å². The van der Waals surface area contributed by atoms with Crippen LogP contribution in [0.25, 0.3) is 11.5 Å². The minimum atomic E-state index is -0.336. The summed E-state index contributed by atoms with van der Waals surface area (Å²) in [5, 5.41) is 18.7. The van der Waals surface area contributed by atoms with Gasteiger partial charge in [-0.2, -0.15) is 4.98 Å². The second kappa shape index (κ2) is 7.82. The first-order valence-electron chi connectivity index (χ1n) is 9.01. The van der Waals surface area contributed by atoms with Gasteiger partial charge >= 0.3 is 0 Å². The molecule has 1 atom stereocenters. The Kier molecular flexibility index (Phi) is 5.51. The Morgan fingerprint density at radius 2 is 2.15 bits per heavy atom. The first-order chi connectivity index (χ1) is 12.5. The van der Waals surface area contributed by atoms with Gasteiger partial charge in [0.1, 0.15) is 5.69 Å². The van der Waals surface area contributed by atoms with Crippen LogP contribution in [-0.4, -0.2) is 41.2 Å². The van der Waals surface area contributed by atoms with Crippen molar-refractivity contribution in [2.75, 3.05) is 25.0 Å². The molecule has 1 fully saturated rings. The summed E-state index contributed by atoms with van der Waals surface area (Å²) in [4.78, 5) is 17.7. The standard InChI is InChI=1S/C18H25N5O3/c1-12-6-8-22(9-7-12)15-5-4-14(11-16(15)23(24)25)18-20-17(21-26-18)10-13(2)19-3/h4-5,11-13,19H,6-10H2,1-3H3. The molecule has 0 bridgehead atoms. The fourth-order valence-electron chi connectivity index (χ4n) is 3.15. The average Bonchev–Trinajstić information content (AvgIpc) is 3.10. The zero-order valence-electron chi connectivity index (χ0n) is 15.4. The summed E-state index contributed by atoms with van der Waals surface area (Å²) in [6.07, 6.45) is 2.73. The molecule has 26 heavy (non-hydrogen) atoms. The Balaban J connectivity index is 1.86. The van der Waals surface area contributed by atoms with Gasteiger partial charge in [0.25, 0.3) is 11.6 Å². The van der Waals surface area contributed by atoms with Gasteiger partial charge in [0.15, 0.2) is 5.82 Å². The molecule has 0 amide bonds. The Morgan fingerprint density at radius 1 is 1.42 bits per heavy atom. The monoisotopic (exact) mass is 359 g/mol. The summed E-state index contributed by atoms with van der Waals surface area (Å²) < 4.78 is 5.31. The van der Waals surface area contributed by atoms with Crippen molar-refractivity contribution < 1.29 is 9.45 Å². The number of benzene rings is 1. The molecule has 1 aliphatic rings. The number of nitro groups is 1. The number of likely N-dealkylation sites (N-methyl/N-ethyl adjacent to an activating group) is 1. The quantitative estimate of drug-likeness (QED) is 0.625. The van der Waals surface area contributed by atoms with Crippen LogP contribution >= 0.6 is 0 Å². The third-order valence-corrected chi connectivity index (χ3v) is 4.99. The van der Waals surface area contributed by atoms with Gasteiger partial charge in [-0.05, 0) is 44.9 Å². The third kappa shape index (κ3) is 4.01. The maximum Gasteiger partial charge on any atom is 0.293 e. The van der Waals surface area contributed by atoms with E-state index in [0.717, 1.165) is 25.9 Å². The van der Waals surface area contributed by atoms with Crippen LogP contribution in [0.15, 0.2) is 22.7 Å². The van der Waals surface area contributed by atoms with E-state index in [1.807, 2.05) is 20.0 Å². The van der Waals surface area contributed by atoms with Crippen molar-refractivity contribution in [3.8, 4) is 11.5 Å². The number of hydrogen-bond donors (Lipinski definition) is 1. The van der Waals surface area contributed by atoms with Crippen LogP contribution in [-0.2, 0) is 6.42 Å². The first-order valence-corrected chi connectivity index (χ1v) is 9.01. The minimum Gasteiger partial charge on any atom is -0.366 e. The zero-order valence-corrected chi connectivity index (χ0v) is 15.4. The van der Waals surface area contributed by atoms with Crippen LogP contribution in [0.2, 0.25) is 0 Å². The van der Waals surface area contributed by atoms with Crippen LogP contribution in [0.1, 0.15) is 32.5 Å². The Morgan fingerprint density at radius 3 is 2.81 bits per heavy atom. The number of rotatable bonds is 6. The zero-order chi connectivity index (χ0) is 18.7. The van der Waals surface area contributed by atoms with E-state index in [4.69, 9.17) is 4.52 Å². The second-order valence-corrected chi connectivity index (χ2v) is 7.04. The maximum absolute atomic E-state index is 11.6. The highest BCUT2D eigenvalue weighted by Crippen LogP contribution is 2.34. The summed E-state index contributed by atoms with van der Waals surface area (Å²) in [6.45, 7) is 5.92. The molecule has 0 radical (unpaired) electrons. The van der Waals surface area contributed by atoms with Crippen LogP contribution in [0.5, 0.6) is 0 Å². The summed E-state index contributed by atoms with van der Waals surface area (Å²) in [5.41, 5.74) is 1.32. The smallest absolute Gasteiger partial charge is 0.293 e. The number of hydrogen-bond acceptors (Lipinski definition) is 7. The first kappa shape index (κ1) is 18.3. The van der Waals surface area contributed by atoms with Gasteiger partial charge in [0, 0.05) is 37.2 Å². The predicted molar refractivity (Wildman–Crippen MR) is 99.2 cm³/mol. The van der Waals surface area contributed by atoms with Crippen molar-refractivity contribution in [3.63, 3.8) is 0 Å². The molecule has 3 rings (SSSR count). The highest BCUT2D eigenvalue weighted by molar-refractivity contribution is 5.71. The van der Waals surface area contributed by atoms with Crippen molar-refractivity contribution in [1.82, 2.24) is 15.5 Å². The molecule has 2 heterocycles. The number of nitro benzene ring substituents is 1.